The molecule has 0 saturated carbocycles. The highest BCUT2D eigenvalue weighted by molar-refractivity contribution is 6.30. The molecular formula is C21H31ClN6. The van der Waals surface area contributed by atoms with Crippen molar-refractivity contribution in [3.63, 3.8) is 0 Å². The second-order valence-corrected chi connectivity index (χ2v) is 7.78. The van der Waals surface area contributed by atoms with Crippen LogP contribution in [-0.2, 0) is 13.5 Å². The molecule has 0 amide bonds. The number of benzene rings is 1. The van der Waals surface area contributed by atoms with Gasteiger partial charge in [-0.2, -0.15) is 5.10 Å². The van der Waals surface area contributed by atoms with E-state index in [0.29, 0.717) is 6.04 Å². The molecule has 1 saturated heterocycles. The summed E-state index contributed by atoms with van der Waals surface area (Å²) >= 11 is 6.14. The second kappa shape index (κ2) is 9.32. The summed E-state index contributed by atoms with van der Waals surface area (Å²) in [7, 11) is 1.99. The Bertz CT molecular complexity index is 828. The third-order valence-corrected chi connectivity index (χ3v) is 5.57. The maximum Gasteiger partial charge on any atom is 0.191 e. The van der Waals surface area contributed by atoms with Crippen molar-refractivity contribution in [3.05, 3.63) is 46.2 Å². The molecule has 0 spiro atoms. The highest BCUT2D eigenvalue weighted by atomic mass is 35.5. The molecule has 1 unspecified atom stereocenters. The van der Waals surface area contributed by atoms with Gasteiger partial charge >= 0.3 is 0 Å². The molecule has 152 valence electrons. The molecule has 0 aliphatic carbocycles. The zero-order valence-corrected chi connectivity index (χ0v) is 18.1. The summed E-state index contributed by atoms with van der Waals surface area (Å²) in [6.07, 6.45) is 1.99. The van der Waals surface area contributed by atoms with Crippen LogP contribution < -0.4 is 15.5 Å². The van der Waals surface area contributed by atoms with Crippen molar-refractivity contribution in [2.24, 2.45) is 12.0 Å². The highest BCUT2D eigenvalue weighted by Gasteiger charge is 2.23. The van der Waals surface area contributed by atoms with Crippen LogP contribution >= 0.6 is 11.6 Å². The Kier molecular flexibility index (Phi) is 6.83. The first kappa shape index (κ1) is 20.5. The molecule has 6 nitrogen and oxygen atoms in total. The lowest BCUT2D eigenvalue weighted by Gasteiger charge is -2.20. The van der Waals surface area contributed by atoms with Crippen molar-refractivity contribution in [2.75, 3.05) is 31.1 Å². The Morgan fingerprint density at radius 1 is 1.36 bits per heavy atom. The number of hydrogen-bond acceptors (Lipinski definition) is 3. The minimum Gasteiger partial charge on any atom is -0.369 e. The summed E-state index contributed by atoms with van der Waals surface area (Å²) in [4.78, 5) is 7.16. The van der Waals surface area contributed by atoms with E-state index in [1.165, 1.54) is 16.9 Å². The first-order valence-electron chi connectivity index (χ1n) is 10.0. The van der Waals surface area contributed by atoms with Crippen LogP contribution in [0.15, 0.2) is 29.3 Å². The first-order chi connectivity index (χ1) is 13.5. The first-order valence-corrected chi connectivity index (χ1v) is 10.4. The average Bonchev–Trinajstić information content (AvgIpc) is 3.21. The number of aromatic nitrogens is 2. The highest BCUT2D eigenvalue weighted by Crippen LogP contribution is 2.23. The largest absolute Gasteiger partial charge is 0.369 e. The van der Waals surface area contributed by atoms with Crippen LogP contribution in [0.25, 0.3) is 0 Å². The zero-order valence-electron chi connectivity index (χ0n) is 17.3. The van der Waals surface area contributed by atoms with E-state index in [-0.39, 0.29) is 0 Å². The van der Waals surface area contributed by atoms with E-state index in [2.05, 4.69) is 47.5 Å². The van der Waals surface area contributed by atoms with Gasteiger partial charge < -0.3 is 15.5 Å². The number of anilines is 1. The van der Waals surface area contributed by atoms with Crippen molar-refractivity contribution < 1.29 is 0 Å². The fraction of sp³-hybridized carbons (Fsp3) is 0.524. The number of aliphatic imine (C=N–C) groups is 1. The van der Waals surface area contributed by atoms with Crippen LogP contribution in [0.4, 0.5) is 5.69 Å². The summed E-state index contributed by atoms with van der Waals surface area (Å²) in [5, 5.41) is 12.2. The summed E-state index contributed by atoms with van der Waals surface area (Å²) in [5.41, 5.74) is 4.80. The Hall–Kier alpha value is -2.21. The molecule has 1 aromatic heterocycles. The molecule has 1 atom stereocenters. The van der Waals surface area contributed by atoms with Crippen LogP contribution in [0.3, 0.4) is 0 Å². The van der Waals surface area contributed by atoms with Gasteiger partial charge in [-0.3, -0.25) is 9.67 Å². The Labute approximate surface area is 173 Å². The fourth-order valence-corrected chi connectivity index (χ4v) is 3.94. The summed E-state index contributed by atoms with van der Waals surface area (Å²) in [6, 6.07) is 8.44. The number of nitrogens with zero attached hydrogens (tertiary/aromatic N) is 4. The molecule has 2 heterocycles. The number of halogens is 1. The van der Waals surface area contributed by atoms with E-state index in [9.17, 15) is 0 Å². The van der Waals surface area contributed by atoms with Crippen LogP contribution in [0.1, 0.15) is 30.3 Å². The van der Waals surface area contributed by atoms with Crippen LogP contribution in [-0.4, -0.2) is 48.0 Å². The van der Waals surface area contributed by atoms with Gasteiger partial charge in [0.1, 0.15) is 0 Å². The Morgan fingerprint density at radius 2 is 2.18 bits per heavy atom. The SMILES string of the molecule is CCNC(=NCCc1c(C)nn(C)c1C)NC1CCN(c2cccc(Cl)c2)C1. The molecule has 2 aromatic rings. The number of hydrogen-bond donors (Lipinski definition) is 2. The van der Waals surface area contributed by atoms with Crippen molar-refractivity contribution in [3.8, 4) is 0 Å². The number of nitrogens with one attached hydrogen (secondary N) is 2. The van der Waals surface area contributed by atoms with Crippen molar-refractivity contribution in [1.82, 2.24) is 20.4 Å². The smallest absolute Gasteiger partial charge is 0.191 e. The van der Waals surface area contributed by atoms with E-state index >= 15 is 0 Å². The van der Waals surface area contributed by atoms with Gasteiger partial charge in [-0.05, 0) is 57.4 Å². The van der Waals surface area contributed by atoms with Gasteiger partial charge in [0, 0.05) is 55.7 Å². The van der Waals surface area contributed by atoms with E-state index in [4.69, 9.17) is 16.6 Å². The summed E-state index contributed by atoms with van der Waals surface area (Å²) in [6.45, 7) is 9.84. The molecule has 0 radical (unpaired) electrons. The van der Waals surface area contributed by atoms with Gasteiger partial charge in [0.15, 0.2) is 5.96 Å². The lowest BCUT2D eigenvalue weighted by atomic mass is 10.1. The van der Waals surface area contributed by atoms with Crippen molar-refractivity contribution >= 4 is 23.2 Å². The van der Waals surface area contributed by atoms with Gasteiger partial charge in [-0.1, -0.05) is 17.7 Å². The van der Waals surface area contributed by atoms with Crippen molar-refractivity contribution in [1.29, 1.82) is 0 Å². The van der Waals surface area contributed by atoms with Gasteiger partial charge in [0.2, 0.25) is 0 Å². The lowest BCUT2D eigenvalue weighted by Crippen LogP contribution is -2.44. The average molecular weight is 403 g/mol. The molecule has 7 heteroatoms. The van der Waals surface area contributed by atoms with Gasteiger partial charge in [-0.15, -0.1) is 0 Å². The third-order valence-electron chi connectivity index (χ3n) is 5.34. The minimum absolute atomic E-state index is 0.374. The quantitative estimate of drug-likeness (QED) is 0.576. The van der Waals surface area contributed by atoms with Gasteiger partial charge in [-0.25, -0.2) is 0 Å². The third kappa shape index (κ3) is 4.98. The van der Waals surface area contributed by atoms with Crippen LogP contribution in [0.2, 0.25) is 5.02 Å². The normalized spacial score (nSPS) is 17.2. The molecule has 1 aliphatic heterocycles. The Balaban J connectivity index is 1.57. The number of rotatable bonds is 6. The standard InChI is InChI=1S/C21H31ClN6/c1-5-23-21(24-11-9-20-15(2)26-27(4)16(20)3)25-18-10-12-28(14-18)19-8-6-7-17(22)13-19/h6-8,13,18H,5,9-12,14H2,1-4H3,(H2,23,24,25). The predicted octanol–water partition coefficient (Wildman–Crippen LogP) is 3.07. The molecule has 28 heavy (non-hydrogen) atoms. The van der Waals surface area contributed by atoms with Crippen LogP contribution in [0.5, 0.6) is 0 Å². The summed E-state index contributed by atoms with van der Waals surface area (Å²) < 4.78 is 1.95. The molecular weight excluding hydrogens is 372 g/mol. The molecule has 1 aliphatic rings. The van der Waals surface area contributed by atoms with E-state index in [0.717, 1.165) is 55.7 Å². The molecule has 1 fully saturated rings. The maximum absolute atomic E-state index is 6.14. The van der Waals surface area contributed by atoms with E-state index < -0.39 is 0 Å². The monoisotopic (exact) mass is 402 g/mol. The maximum atomic E-state index is 6.14. The zero-order chi connectivity index (χ0) is 20.1. The molecule has 0 bridgehead atoms. The van der Waals surface area contributed by atoms with Crippen LogP contribution in [0, 0.1) is 13.8 Å². The fourth-order valence-electron chi connectivity index (χ4n) is 3.76. The lowest BCUT2D eigenvalue weighted by molar-refractivity contribution is 0.649. The topological polar surface area (TPSA) is 57.5 Å². The minimum atomic E-state index is 0.374. The Morgan fingerprint density at radius 3 is 2.86 bits per heavy atom. The van der Waals surface area contributed by atoms with Gasteiger partial charge in [0.25, 0.3) is 0 Å². The number of guanidine groups is 1. The predicted molar refractivity (Wildman–Crippen MR) is 118 cm³/mol. The summed E-state index contributed by atoms with van der Waals surface area (Å²) in [5.74, 6) is 0.889. The molecule has 1 aromatic carbocycles. The molecule has 2 N–H and O–H groups in total. The second-order valence-electron chi connectivity index (χ2n) is 7.34. The molecule has 3 rings (SSSR count). The van der Waals surface area contributed by atoms with E-state index in [1.54, 1.807) is 0 Å². The number of aryl methyl sites for hydroxylation is 2. The van der Waals surface area contributed by atoms with Crippen molar-refractivity contribution in [2.45, 2.75) is 39.7 Å². The van der Waals surface area contributed by atoms with Gasteiger partial charge in [0.05, 0.1) is 5.69 Å². The van der Waals surface area contributed by atoms with E-state index in [1.807, 2.05) is 29.9 Å².